The number of rotatable bonds is 13. The Morgan fingerprint density at radius 2 is 1.57 bits per heavy atom. The van der Waals surface area contributed by atoms with Crippen molar-refractivity contribution in [1.29, 1.82) is 5.26 Å². The molecule has 18 heteroatoms. The van der Waals surface area contributed by atoms with E-state index in [1.807, 2.05) is 6.07 Å². The summed E-state index contributed by atoms with van der Waals surface area (Å²) in [6.07, 6.45) is -14.7. The molecule has 3 aromatic rings. The van der Waals surface area contributed by atoms with Crippen LogP contribution >= 0.6 is 0 Å². The molecule has 0 aliphatic carbocycles. The molecule has 3 aromatic carbocycles. The maximum Gasteiger partial charge on any atom is 0.430 e. The zero-order chi connectivity index (χ0) is 37.8. The van der Waals surface area contributed by atoms with Crippen molar-refractivity contribution in [3.63, 3.8) is 0 Å². The van der Waals surface area contributed by atoms with E-state index in [1.165, 1.54) is 60.4 Å². The highest BCUT2D eigenvalue weighted by atomic mass is 32.2. The highest BCUT2D eigenvalue weighted by Gasteiger charge is 2.74. The average Bonchev–Trinajstić information content (AvgIpc) is 3.48. The molecule has 3 atom stereocenters. The molecule has 0 spiro atoms. The smallest absolute Gasteiger partial charge is 0.430 e. The first-order chi connectivity index (χ1) is 23.8. The second kappa shape index (κ2) is 15.4. The Hall–Kier alpha value is -4.47. The van der Waals surface area contributed by atoms with Gasteiger partial charge in [-0.2, -0.15) is 40.4 Å². The summed E-state index contributed by atoms with van der Waals surface area (Å²) in [6, 6.07) is 12.8. The van der Waals surface area contributed by atoms with Crippen LogP contribution < -0.4 is 10.2 Å². The minimum Gasteiger partial charge on any atom is -0.508 e. The van der Waals surface area contributed by atoms with Crippen LogP contribution in [0.25, 0.3) is 0 Å². The summed E-state index contributed by atoms with van der Waals surface area (Å²) in [5, 5.41) is 21.5. The van der Waals surface area contributed by atoms with Gasteiger partial charge < -0.3 is 24.8 Å². The van der Waals surface area contributed by atoms with E-state index < -0.39 is 89.4 Å². The van der Waals surface area contributed by atoms with Crippen molar-refractivity contribution in [2.75, 3.05) is 23.8 Å². The van der Waals surface area contributed by atoms with Gasteiger partial charge in [0.15, 0.2) is 9.84 Å². The lowest BCUT2D eigenvalue weighted by Gasteiger charge is -2.39. The van der Waals surface area contributed by atoms with E-state index in [2.05, 4.69) is 10.1 Å². The molecule has 0 aromatic heterocycles. The Kier molecular flexibility index (Phi) is 11.9. The quantitative estimate of drug-likeness (QED) is 0.183. The molecule has 1 heterocycles. The van der Waals surface area contributed by atoms with Crippen molar-refractivity contribution >= 4 is 21.4 Å². The van der Waals surface area contributed by atoms with Crippen LogP contribution in [0.15, 0.2) is 77.7 Å². The number of halogens is 8. The molecule has 1 saturated heterocycles. The number of carbonyl (C=O) groups excluding carboxylic acids is 1. The lowest BCUT2D eigenvalue weighted by atomic mass is 9.91. The number of nitrogens with one attached hydrogen (secondary N) is 1. The number of carbonyl (C=O) groups is 1. The fraction of sp³-hybridized carbons (Fsp3) is 0.394. The van der Waals surface area contributed by atoms with Crippen molar-refractivity contribution < 1.29 is 62.9 Å². The Labute approximate surface area is 287 Å². The van der Waals surface area contributed by atoms with E-state index in [4.69, 9.17) is 4.74 Å². The number of anilines is 1. The summed E-state index contributed by atoms with van der Waals surface area (Å²) in [6.45, 7) is -3.24. The van der Waals surface area contributed by atoms with E-state index in [0.29, 0.717) is 29.8 Å². The van der Waals surface area contributed by atoms with Crippen LogP contribution in [0.1, 0.15) is 47.3 Å². The number of amides is 1. The van der Waals surface area contributed by atoms with E-state index in [9.17, 15) is 58.7 Å². The van der Waals surface area contributed by atoms with E-state index in [1.54, 1.807) is 0 Å². The topological polar surface area (TPSA) is 129 Å². The summed E-state index contributed by atoms with van der Waals surface area (Å²) < 4.78 is 146. The van der Waals surface area contributed by atoms with Crippen molar-refractivity contribution in [2.45, 2.75) is 67.4 Å². The van der Waals surface area contributed by atoms with Gasteiger partial charge in [-0.05, 0) is 60.5 Å². The maximum absolute atomic E-state index is 14.4. The zero-order valence-electron chi connectivity index (χ0n) is 26.6. The Morgan fingerprint density at radius 1 is 0.980 bits per heavy atom. The van der Waals surface area contributed by atoms with Crippen molar-refractivity contribution in [3.8, 4) is 11.8 Å². The molecular weight excluding hydrogens is 718 g/mol. The van der Waals surface area contributed by atoms with Crippen LogP contribution in [-0.4, -0.2) is 69.4 Å². The Bertz CT molecular complexity index is 1780. The van der Waals surface area contributed by atoms with Crippen LogP contribution in [0.5, 0.6) is 5.75 Å². The largest absolute Gasteiger partial charge is 0.508 e. The summed E-state index contributed by atoms with van der Waals surface area (Å²) in [4.78, 5) is 14.4. The van der Waals surface area contributed by atoms with Crippen LogP contribution in [-0.2, 0) is 24.9 Å². The number of phenols is 1. The second-order valence-corrected chi connectivity index (χ2v) is 13.8. The number of hydrogen-bond donors (Lipinski definition) is 2. The molecular formula is C33H31F8N3O6S. The second-order valence-electron chi connectivity index (χ2n) is 11.5. The minimum absolute atomic E-state index is 0.0275. The third-order valence-corrected chi connectivity index (χ3v) is 10.0. The predicted octanol–water partition coefficient (Wildman–Crippen LogP) is 6.79. The zero-order valence-corrected chi connectivity index (χ0v) is 27.4. The molecule has 0 saturated carbocycles. The Balaban J connectivity index is 1.59. The fourth-order valence-corrected chi connectivity index (χ4v) is 6.60. The predicted molar refractivity (Wildman–Crippen MR) is 166 cm³/mol. The number of ether oxygens (including phenoxy) is 2. The molecule has 9 nitrogen and oxygen atoms in total. The number of hydrogen-bond acceptors (Lipinski definition) is 8. The fourth-order valence-electron chi connectivity index (χ4n) is 5.72. The molecule has 1 fully saturated rings. The van der Waals surface area contributed by atoms with Gasteiger partial charge in [0.05, 0.1) is 47.9 Å². The summed E-state index contributed by atoms with van der Waals surface area (Å²) in [5.74, 6) is -1.40. The summed E-state index contributed by atoms with van der Waals surface area (Å²) in [5.41, 5.74) is -5.60. The Morgan fingerprint density at radius 3 is 2.08 bits per heavy atom. The van der Waals surface area contributed by atoms with Crippen LogP contribution in [0.3, 0.4) is 0 Å². The molecule has 1 aliphatic rings. The molecule has 2 N–H and O–H groups in total. The number of benzene rings is 3. The van der Waals surface area contributed by atoms with Gasteiger partial charge in [0.1, 0.15) is 5.75 Å². The van der Waals surface area contributed by atoms with Gasteiger partial charge in [-0.25, -0.2) is 8.42 Å². The maximum atomic E-state index is 14.4. The van der Waals surface area contributed by atoms with Gasteiger partial charge in [0, 0.05) is 23.4 Å². The van der Waals surface area contributed by atoms with Crippen molar-refractivity contribution in [1.82, 2.24) is 5.32 Å². The van der Waals surface area contributed by atoms with Gasteiger partial charge in [0.2, 0.25) is 0 Å². The number of nitriles is 1. The number of phenolic OH excluding ortho intramolecular Hbond substituents is 1. The van der Waals surface area contributed by atoms with Gasteiger partial charge in [-0.3, -0.25) is 4.79 Å². The van der Waals surface area contributed by atoms with Crippen molar-refractivity contribution in [2.24, 2.45) is 0 Å². The molecule has 4 rings (SSSR count). The summed E-state index contributed by atoms with van der Waals surface area (Å²) in [7, 11) is -3.50. The van der Waals surface area contributed by atoms with E-state index in [-0.39, 0.29) is 28.3 Å². The van der Waals surface area contributed by atoms with Gasteiger partial charge in [-0.1, -0.05) is 31.2 Å². The molecule has 51 heavy (non-hydrogen) atoms. The standard InChI is InChI=1S/C33H31F8N3O6S/c1-2-51(47,48)27-13-5-20(6-14-27)28(15-16-42)43-29(46)21-3-9-23(10-4-21)44-18-26(17-24(44)19-49-30(34)35)50-31(32(36,37)38,33(39,40)41)22-7-11-25(45)12-8-22/h3-14,24,26,28,30,45H,2,15,17-19H2,1H3,(H,43,46)/t24-,26-,28-/m0/s1. The number of aromatic hydroxyl groups is 1. The molecule has 1 aliphatic heterocycles. The van der Waals surface area contributed by atoms with E-state index in [0.717, 1.165) is 0 Å². The molecule has 0 bridgehead atoms. The van der Waals surface area contributed by atoms with E-state index >= 15 is 0 Å². The van der Waals surface area contributed by atoms with Crippen molar-refractivity contribution in [3.05, 3.63) is 89.5 Å². The monoisotopic (exact) mass is 749 g/mol. The lowest BCUT2D eigenvalue weighted by Crippen LogP contribution is -2.57. The third kappa shape index (κ3) is 8.71. The summed E-state index contributed by atoms with van der Waals surface area (Å²) >= 11 is 0. The third-order valence-electron chi connectivity index (χ3n) is 8.29. The van der Waals surface area contributed by atoms with Gasteiger partial charge in [-0.15, -0.1) is 0 Å². The van der Waals surface area contributed by atoms with Crippen LogP contribution in [0.4, 0.5) is 40.8 Å². The number of alkyl halides is 8. The number of nitrogens with zero attached hydrogens (tertiary/aromatic N) is 2. The van der Waals surface area contributed by atoms with Gasteiger partial charge in [0.25, 0.3) is 11.5 Å². The highest BCUT2D eigenvalue weighted by molar-refractivity contribution is 7.91. The average molecular weight is 750 g/mol. The molecule has 0 unspecified atom stereocenters. The SMILES string of the molecule is CCS(=O)(=O)c1ccc([C@H](CC#N)NC(=O)c2ccc(N3C[C@@H](OC(c4ccc(O)cc4)(C(F)(F)F)C(F)(F)F)C[C@H]3COC(F)F)cc2)cc1. The normalized spacial score (nSPS) is 17.7. The first-order valence-corrected chi connectivity index (χ1v) is 16.9. The van der Waals surface area contributed by atoms with Gasteiger partial charge >= 0.3 is 19.0 Å². The highest BCUT2D eigenvalue weighted by Crippen LogP contribution is 2.54. The molecule has 1 amide bonds. The molecule has 276 valence electrons. The lowest BCUT2D eigenvalue weighted by molar-refractivity contribution is -0.397. The number of sulfone groups is 1. The first kappa shape index (κ1) is 39.3. The minimum atomic E-state index is -6.04. The van der Waals surface area contributed by atoms with Crippen LogP contribution in [0, 0.1) is 11.3 Å². The molecule has 0 radical (unpaired) electrons. The van der Waals surface area contributed by atoms with Crippen LogP contribution in [0.2, 0.25) is 0 Å². The first-order valence-electron chi connectivity index (χ1n) is 15.2.